The van der Waals surface area contributed by atoms with Crippen LogP contribution in [0.4, 0.5) is 10.3 Å². The SMILES string of the molecule is COc1ccc(CN2CCN(C(=O)Cc3c(C)nc4nc(N)nn4c3C)CC2)cc1F. The number of rotatable bonds is 5. The summed E-state index contributed by atoms with van der Waals surface area (Å²) in [5, 5.41) is 4.16. The average molecular weight is 427 g/mol. The molecule has 1 aliphatic heterocycles. The maximum atomic E-state index is 13.9. The van der Waals surface area contributed by atoms with Gasteiger partial charge in [-0.1, -0.05) is 6.07 Å². The summed E-state index contributed by atoms with van der Waals surface area (Å²) in [7, 11) is 1.45. The lowest BCUT2D eigenvalue weighted by Crippen LogP contribution is -2.48. The zero-order chi connectivity index (χ0) is 22.1. The molecule has 0 saturated carbocycles. The summed E-state index contributed by atoms with van der Waals surface area (Å²) in [4.78, 5) is 25.5. The Hall–Kier alpha value is -3.27. The van der Waals surface area contributed by atoms with Crippen LogP contribution in [0, 0.1) is 19.7 Å². The molecule has 0 radical (unpaired) electrons. The Bertz CT molecular complexity index is 1120. The number of benzene rings is 1. The molecule has 0 bridgehead atoms. The number of methoxy groups -OCH3 is 1. The van der Waals surface area contributed by atoms with E-state index in [2.05, 4.69) is 20.0 Å². The number of aryl methyl sites for hydroxylation is 2. The summed E-state index contributed by atoms with van der Waals surface area (Å²) in [5.74, 6) is 0.527. The molecule has 0 atom stereocenters. The number of halogens is 1. The summed E-state index contributed by atoms with van der Waals surface area (Å²) in [6, 6.07) is 5.01. The number of carbonyl (C=O) groups is 1. The molecule has 2 aromatic heterocycles. The maximum absolute atomic E-state index is 13.9. The van der Waals surface area contributed by atoms with E-state index < -0.39 is 0 Å². The van der Waals surface area contributed by atoms with Crippen molar-refractivity contribution < 1.29 is 13.9 Å². The molecule has 1 aromatic carbocycles. The largest absolute Gasteiger partial charge is 0.494 e. The van der Waals surface area contributed by atoms with Crippen LogP contribution in [0.3, 0.4) is 0 Å². The molecule has 3 heterocycles. The van der Waals surface area contributed by atoms with Gasteiger partial charge in [0.2, 0.25) is 11.9 Å². The van der Waals surface area contributed by atoms with E-state index in [4.69, 9.17) is 10.5 Å². The van der Waals surface area contributed by atoms with E-state index >= 15 is 0 Å². The number of carbonyl (C=O) groups excluding carboxylic acids is 1. The van der Waals surface area contributed by atoms with Crippen molar-refractivity contribution in [2.45, 2.75) is 26.8 Å². The number of hydrogen-bond donors (Lipinski definition) is 1. The number of hydrogen-bond acceptors (Lipinski definition) is 7. The minimum absolute atomic E-state index is 0.0515. The highest BCUT2D eigenvalue weighted by Gasteiger charge is 2.23. The van der Waals surface area contributed by atoms with Gasteiger partial charge in [-0.15, -0.1) is 5.10 Å². The van der Waals surface area contributed by atoms with E-state index in [1.54, 1.807) is 10.6 Å². The van der Waals surface area contributed by atoms with E-state index in [9.17, 15) is 9.18 Å². The minimum Gasteiger partial charge on any atom is -0.494 e. The predicted octanol–water partition coefficient (Wildman–Crippen LogP) is 1.36. The zero-order valence-corrected chi connectivity index (χ0v) is 17.9. The highest BCUT2D eigenvalue weighted by atomic mass is 19.1. The van der Waals surface area contributed by atoms with E-state index in [0.29, 0.717) is 25.4 Å². The third-order valence-corrected chi connectivity index (χ3v) is 5.74. The second kappa shape index (κ2) is 8.46. The summed E-state index contributed by atoms with van der Waals surface area (Å²) in [5.41, 5.74) is 8.98. The quantitative estimate of drug-likeness (QED) is 0.656. The fourth-order valence-electron chi connectivity index (χ4n) is 3.96. The first-order valence-electron chi connectivity index (χ1n) is 10.2. The lowest BCUT2D eigenvalue weighted by molar-refractivity contribution is -0.132. The molecule has 164 valence electrons. The molecule has 1 amide bonds. The molecule has 1 saturated heterocycles. The lowest BCUT2D eigenvalue weighted by atomic mass is 10.1. The second-order valence-corrected chi connectivity index (χ2v) is 7.75. The van der Waals surface area contributed by atoms with Crippen LogP contribution in [0.1, 0.15) is 22.5 Å². The van der Waals surface area contributed by atoms with E-state index in [1.807, 2.05) is 24.8 Å². The molecule has 0 spiro atoms. The summed E-state index contributed by atoms with van der Waals surface area (Å²) in [6.45, 7) is 7.11. The number of anilines is 1. The van der Waals surface area contributed by atoms with Gasteiger partial charge in [-0.05, 0) is 31.5 Å². The Morgan fingerprint density at radius 2 is 1.94 bits per heavy atom. The summed E-state index contributed by atoms with van der Waals surface area (Å²) >= 11 is 0. The van der Waals surface area contributed by atoms with Gasteiger partial charge < -0.3 is 15.4 Å². The first-order valence-corrected chi connectivity index (χ1v) is 10.2. The molecular weight excluding hydrogens is 401 g/mol. The molecule has 10 heteroatoms. The number of fused-ring (bicyclic) bond motifs is 1. The lowest BCUT2D eigenvalue weighted by Gasteiger charge is -2.35. The fraction of sp³-hybridized carbons (Fsp3) is 0.429. The third-order valence-electron chi connectivity index (χ3n) is 5.74. The molecule has 1 fully saturated rings. The van der Waals surface area contributed by atoms with Gasteiger partial charge in [-0.3, -0.25) is 9.69 Å². The van der Waals surface area contributed by atoms with Crippen LogP contribution in [0.25, 0.3) is 5.78 Å². The van der Waals surface area contributed by atoms with Crippen LogP contribution in [-0.4, -0.2) is 68.6 Å². The monoisotopic (exact) mass is 427 g/mol. The van der Waals surface area contributed by atoms with Crippen molar-refractivity contribution in [1.82, 2.24) is 29.4 Å². The molecule has 4 rings (SSSR count). The molecule has 0 aliphatic carbocycles. The van der Waals surface area contributed by atoms with Crippen LogP contribution in [0.2, 0.25) is 0 Å². The minimum atomic E-state index is -0.362. The number of amides is 1. The number of aromatic nitrogens is 4. The highest BCUT2D eigenvalue weighted by Crippen LogP contribution is 2.20. The fourth-order valence-corrected chi connectivity index (χ4v) is 3.96. The molecular formula is C21H26FN7O2. The molecule has 0 unspecified atom stereocenters. The van der Waals surface area contributed by atoms with Crippen LogP contribution >= 0.6 is 0 Å². The van der Waals surface area contributed by atoms with Gasteiger partial charge in [0, 0.05) is 49.7 Å². The van der Waals surface area contributed by atoms with Crippen molar-refractivity contribution in [1.29, 1.82) is 0 Å². The Morgan fingerprint density at radius 3 is 2.61 bits per heavy atom. The zero-order valence-electron chi connectivity index (χ0n) is 17.9. The number of nitrogens with zero attached hydrogens (tertiary/aromatic N) is 6. The Kier molecular flexibility index (Phi) is 5.73. The first-order chi connectivity index (χ1) is 14.9. The van der Waals surface area contributed by atoms with E-state index in [-0.39, 0.29) is 29.8 Å². The molecule has 2 N–H and O–H groups in total. The topological polar surface area (TPSA) is 102 Å². The molecule has 1 aliphatic rings. The molecule has 9 nitrogen and oxygen atoms in total. The standard InChI is InChI=1S/C21H26FN7O2/c1-13-16(14(2)29-21(24-13)25-20(23)26-29)11-19(30)28-8-6-27(7-9-28)12-15-4-5-18(31-3)17(22)10-15/h4-5,10H,6-9,11-12H2,1-3H3,(H2,23,26). The predicted molar refractivity (Wildman–Crippen MR) is 113 cm³/mol. The first kappa shape index (κ1) is 21.0. The van der Waals surface area contributed by atoms with Crippen molar-refractivity contribution in [3.8, 4) is 5.75 Å². The highest BCUT2D eigenvalue weighted by molar-refractivity contribution is 5.79. The molecule has 3 aromatic rings. The van der Waals surface area contributed by atoms with Gasteiger partial charge in [-0.2, -0.15) is 9.50 Å². The number of ether oxygens (including phenoxy) is 1. The number of nitrogen functional groups attached to an aromatic ring is 1. The van der Waals surface area contributed by atoms with Crippen molar-refractivity contribution in [2.75, 3.05) is 39.0 Å². The molecule has 31 heavy (non-hydrogen) atoms. The Balaban J connectivity index is 1.37. The van der Waals surface area contributed by atoms with Gasteiger partial charge >= 0.3 is 0 Å². The van der Waals surface area contributed by atoms with Gasteiger partial charge in [0.05, 0.1) is 13.5 Å². The van der Waals surface area contributed by atoms with Crippen LogP contribution in [0.15, 0.2) is 18.2 Å². The Labute approximate surface area is 179 Å². The van der Waals surface area contributed by atoms with Gasteiger partial charge in [0.15, 0.2) is 11.6 Å². The van der Waals surface area contributed by atoms with Gasteiger partial charge in [0.25, 0.3) is 5.78 Å². The van der Waals surface area contributed by atoms with Crippen molar-refractivity contribution in [3.05, 3.63) is 46.5 Å². The van der Waals surface area contributed by atoms with E-state index in [0.717, 1.165) is 35.6 Å². The normalized spacial score (nSPS) is 14.9. The van der Waals surface area contributed by atoms with Crippen molar-refractivity contribution in [3.63, 3.8) is 0 Å². The van der Waals surface area contributed by atoms with Crippen LogP contribution in [0.5, 0.6) is 5.75 Å². The van der Waals surface area contributed by atoms with Gasteiger partial charge in [-0.25, -0.2) is 9.37 Å². The van der Waals surface area contributed by atoms with Gasteiger partial charge in [0.1, 0.15) is 0 Å². The second-order valence-electron chi connectivity index (χ2n) is 7.75. The van der Waals surface area contributed by atoms with Crippen molar-refractivity contribution in [2.24, 2.45) is 0 Å². The summed E-state index contributed by atoms with van der Waals surface area (Å²) < 4.78 is 20.5. The maximum Gasteiger partial charge on any atom is 0.254 e. The smallest absolute Gasteiger partial charge is 0.254 e. The van der Waals surface area contributed by atoms with Crippen LogP contribution < -0.4 is 10.5 Å². The van der Waals surface area contributed by atoms with Crippen LogP contribution in [-0.2, 0) is 17.8 Å². The van der Waals surface area contributed by atoms with Crippen molar-refractivity contribution >= 4 is 17.6 Å². The average Bonchev–Trinajstić information content (AvgIpc) is 3.12. The third kappa shape index (κ3) is 4.29. The Morgan fingerprint density at radius 1 is 1.19 bits per heavy atom. The summed E-state index contributed by atoms with van der Waals surface area (Å²) in [6.07, 6.45) is 0.254. The van der Waals surface area contributed by atoms with E-state index in [1.165, 1.54) is 13.2 Å². The number of piperazine rings is 1. The number of nitrogens with two attached hydrogens (primary N) is 1.